The summed E-state index contributed by atoms with van der Waals surface area (Å²) in [6.07, 6.45) is 1.57. The van der Waals surface area contributed by atoms with Gasteiger partial charge in [-0.25, -0.2) is 9.37 Å². The van der Waals surface area contributed by atoms with Crippen molar-refractivity contribution in [2.45, 2.75) is 0 Å². The van der Waals surface area contributed by atoms with Crippen LogP contribution in [0, 0.1) is 5.82 Å². The normalized spacial score (nSPS) is 10.3. The summed E-state index contributed by atoms with van der Waals surface area (Å²) in [5.41, 5.74) is 6.70. The maximum absolute atomic E-state index is 13.4. The summed E-state index contributed by atoms with van der Waals surface area (Å²) in [5, 5.41) is 0.385. The first-order valence-corrected chi connectivity index (χ1v) is 5.24. The van der Waals surface area contributed by atoms with Crippen molar-refractivity contribution < 1.29 is 9.13 Å². The van der Waals surface area contributed by atoms with Crippen LogP contribution in [0.4, 0.5) is 10.1 Å². The number of anilines is 1. The number of pyridine rings is 1. The van der Waals surface area contributed by atoms with E-state index < -0.39 is 5.82 Å². The molecule has 0 saturated heterocycles. The highest BCUT2D eigenvalue weighted by molar-refractivity contribution is 6.33. The topological polar surface area (TPSA) is 48.1 Å². The van der Waals surface area contributed by atoms with Crippen LogP contribution in [0.3, 0.4) is 0 Å². The Labute approximate surface area is 103 Å². The van der Waals surface area contributed by atoms with Gasteiger partial charge in [-0.15, -0.1) is 0 Å². The van der Waals surface area contributed by atoms with Crippen molar-refractivity contribution in [1.82, 2.24) is 4.98 Å². The molecule has 0 aliphatic carbocycles. The molecule has 1 aromatic carbocycles. The number of hydrogen-bond acceptors (Lipinski definition) is 3. The molecule has 0 amide bonds. The molecule has 0 saturated carbocycles. The van der Waals surface area contributed by atoms with E-state index in [-0.39, 0.29) is 5.69 Å². The Hall–Kier alpha value is -1.81. The highest BCUT2D eigenvalue weighted by Crippen LogP contribution is 2.31. The van der Waals surface area contributed by atoms with E-state index in [1.165, 1.54) is 19.2 Å². The van der Waals surface area contributed by atoms with Gasteiger partial charge in [-0.05, 0) is 18.2 Å². The fourth-order valence-corrected chi connectivity index (χ4v) is 1.73. The van der Waals surface area contributed by atoms with Gasteiger partial charge in [-0.1, -0.05) is 11.6 Å². The fraction of sp³-hybridized carbons (Fsp3) is 0.0833. The van der Waals surface area contributed by atoms with E-state index in [9.17, 15) is 4.39 Å². The van der Waals surface area contributed by atoms with Gasteiger partial charge in [-0.2, -0.15) is 0 Å². The fourth-order valence-electron chi connectivity index (χ4n) is 1.44. The second-order valence-corrected chi connectivity index (χ2v) is 3.85. The first-order chi connectivity index (χ1) is 8.11. The highest BCUT2D eigenvalue weighted by Gasteiger charge is 2.09. The standard InChI is InChI=1S/C12H10ClFN2O/c1-17-12-3-2-7(6-16-12)8-4-10(14)11(15)5-9(8)13/h2-6H,15H2,1H3. The number of halogens is 2. The molecule has 2 aromatic rings. The van der Waals surface area contributed by atoms with Crippen LogP contribution in [0.25, 0.3) is 11.1 Å². The summed E-state index contributed by atoms with van der Waals surface area (Å²) in [5.74, 6) is -0.0130. The van der Waals surface area contributed by atoms with Crippen LogP contribution in [0.2, 0.25) is 5.02 Å². The predicted octanol–water partition coefficient (Wildman–Crippen LogP) is 3.13. The van der Waals surface area contributed by atoms with E-state index >= 15 is 0 Å². The van der Waals surface area contributed by atoms with Crippen LogP contribution in [-0.2, 0) is 0 Å². The van der Waals surface area contributed by atoms with Crippen molar-refractivity contribution in [1.29, 1.82) is 0 Å². The molecular weight excluding hydrogens is 243 g/mol. The minimum atomic E-state index is -0.500. The second-order valence-electron chi connectivity index (χ2n) is 3.44. The second kappa shape index (κ2) is 4.59. The number of nitrogens with two attached hydrogens (primary N) is 1. The van der Waals surface area contributed by atoms with Gasteiger partial charge in [0.1, 0.15) is 5.82 Å². The molecule has 2 rings (SSSR count). The van der Waals surface area contributed by atoms with Crippen LogP contribution < -0.4 is 10.5 Å². The molecule has 1 aromatic heterocycles. The minimum Gasteiger partial charge on any atom is -0.481 e. The average molecular weight is 253 g/mol. The van der Waals surface area contributed by atoms with Crippen molar-refractivity contribution in [2.24, 2.45) is 0 Å². The molecular formula is C12H10ClFN2O. The molecule has 2 N–H and O–H groups in total. The van der Waals surface area contributed by atoms with E-state index in [1.54, 1.807) is 18.3 Å². The van der Waals surface area contributed by atoms with E-state index in [4.69, 9.17) is 22.1 Å². The summed E-state index contributed by atoms with van der Waals surface area (Å²) in [6, 6.07) is 6.11. The Kier molecular flexibility index (Phi) is 3.15. The van der Waals surface area contributed by atoms with Gasteiger partial charge in [0, 0.05) is 23.4 Å². The lowest BCUT2D eigenvalue weighted by atomic mass is 10.1. The number of methoxy groups -OCH3 is 1. The lowest BCUT2D eigenvalue weighted by Gasteiger charge is -2.07. The molecule has 0 aliphatic heterocycles. The van der Waals surface area contributed by atoms with Crippen LogP contribution in [0.1, 0.15) is 0 Å². The zero-order chi connectivity index (χ0) is 12.4. The smallest absolute Gasteiger partial charge is 0.212 e. The first-order valence-electron chi connectivity index (χ1n) is 4.86. The molecule has 17 heavy (non-hydrogen) atoms. The summed E-state index contributed by atoms with van der Waals surface area (Å²) >= 11 is 6.00. The van der Waals surface area contributed by atoms with Gasteiger partial charge in [0.2, 0.25) is 5.88 Å². The molecule has 0 unspecified atom stereocenters. The Morgan fingerprint density at radius 2 is 2.12 bits per heavy atom. The van der Waals surface area contributed by atoms with Crippen LogP contribution in [0.15, 0.2) is 30.5 Å². The van der Waals surface area contributed by atoms with Gasteiger partial charge in [0.05, 0.1) is 17.8 Å². The Morgan fingerprint density at radius 1 is 1.35 bits per heavy atom. The molecule has 1 heterocycles. The number of nitrogen functional groups attached to an aromatic ring is 1. The van der Waals surface area contributed by atoms with Crippen LogP contribution in [-0.4, -0.2) is 12.1 Å². The number of aromatic nitrogens is 1. The van der Waals surface area contributed by atoms with Crippen molar-refractivity contribution in [3.63, 3.8) is 0 Å². The molecule has 0 atom stereocenters. The van der Waals surface area contributed by atoms with Gasteiger partial charge >= 0.3 is 0 Å². The molecule has 0 bridgehead atoms. The summed E-state index contributed by atoms with van der Waals surface area (Å²) in [7, 11) is 1.53. The van der Waals surface area contributed by atoms with Crippen molar-refractivity contribution >= 4 is 17.3 Å². The summed E-state index contributed by atoms with van der Waals surface area (Å²) < 4.78 is 18.3. The van der Waals surface area contributed by atoms with Gasteiger partial charge in [-0.3, -0.25) is 0 Å². The SMILES string of the molecule is COc1ccc(-c2cc(F)c(N)cc2Cl)cn1. The maximum Gasteiger partial charge on any atom is 0.212 e. The lowest BCUT2D eigenvalue weighted by Crippen LogP contribution is -1.93. The Morgan fingerprint density at radius 3 is 2.71 bits per heavy atom. The summed E-state index contributed by atoms with van der Waals surface area (Å²) in [4.78, 5) is 4.03. The number of hydrogen-bond donors (Lipinski definition) is 1. The molecule has 5 heteroatoms. The van der Waals surface area contributed by atoms with Crippen molar-refractivity contribution in [2.75, 3.05) is 12.8 Å². The van der Waals surface area contributed by atoms with E-state index in [1.807, 2.05) is 0 Å². The molecule has 3 nitrogen and oxygen atoms in total. The van der Waals surface area contributed by atoms with Crippen molar-refractivity contribution in [3.8, 4) is 17.0 Å². The zero-order valence-electron chi connectivity index (χ0n) is 9.08. The number of rotatable bonds is 2. The third kappa shape index (κ3) is 2.31. The van der Waals surface area contributed by atoms with Gasteiger partial charge in [0.15, 0.2) is 0 Å². The molecule has 0 spiro atoms. The largest absolute Gasteiger partial charge is 0.481 e. The first kappa shape index (κ1) is 11.7. The lowest BCUT2D eigenvalue weighted by molar-refractivity contribution is 0.398. The third-order valence-electron chi connectivity index (χ3n) is 2.34. The number of benzene rings is 1. The monoisotopic (exact) mass is 252 g/mol. The summed E-state index contributed by atoms with van der Waals surface area (Å²) in [6.45, 7) is 0. The van der Waals surface area contributed by atoms with Crippen LogP contribution >= 0.6 is 11.6 Å². The van der Waals surface area contributed by atoms with Gasteiger partial charge < -0.3 is 10.5 Å². The molecule has 0 fully saturated rings. The Bertz CT molecular complexity index is 543. The minimum absolute atomic E-state index is 0.0280. The molecule has 88 valence electrons. The number of nitrogens with zero attached hydrogens (tertiary/aromatic N) is 1. The van der Waals surface area contributed by atoms with E-state index in [0.717, 1.165) is 0 Å². The van der Waals surface area contributed by atoms with E-state index in [2.05, 4.69) is 4.98 Å². The average Bonchev–Trinajstić information content (AvgIpc) is 2.34. The van der Waals surface area contributed by atoms with Crippen molar-refractivity contribution in [3.05, 3.63) is 41.3 Å². The maximum atomic E-state index is 13.4. The predicted molar refractivity (Wildman–Crippen MR) is 65.6 cm³/mol. The quantitative estimate of drug-likeness (QED) is 0.836. The molecule has 0 radical (unpaired) electrons. The third-order valence-corrected chi connectivity index (χ3v) is 2.66. The molecule has 0 aliphatic rings. The Balaban J connectivity index is 2.48. The zero-order valence-corrected chi connectivity index (χ0v) is 9.83. The number of ether oxygens (including phenoxy) is 1. The van der Waals surface area contributed by atoms with E-state index in [0.29, 0.717) is 22.0 Å². The van der Waals surface area contributed by atoms with Gasteiger partial charge in [0.25, 0.3) is 0 Å². The highest BCUT2D eigenvalue weighted by atomic mass is 35.5. The van der Waals surface area contributed by atoms with Crippen LogP contribution in [0.5, 0.6) is 5.88 Å².